The molecule has 0 spiro atoms. The van der Waals surface area contributed by atoms with Crippen LogP contribution in [-0.2, 0) is 4.79 Å². The van der Waals surface area contributed by atoms with Crippen molar-refractivity contribution in [3.05, 3.63) is 0 Å². The Morgan fingerprint density at radius 2 is 1.83 bits per heavy atom. The summed E-state index contributed by atoms with van der Waals surface area (Å²) in [5, 5.41) is 3.20. The first kappa shape index (κ1) is 13.9. The zero-order chi connectivity index (χ0) is 13.3. The Morgan fingerprint density at radius 3 is 2.33 bits per heavy atom. The van der Waals surface area contributed by atoms with Crippen LogP contribution < -0.4 is 11.1 Å². The number of nitrogens with two attached hydrogens (primary N) is 1. The summed E-state index contributed by atoms with van der Waals surface area (Å²) in [4.78, 5) is 12.4. The molecule has 2 unspecified atom stereocenters. The third kappa shape index (κ3) is 2.87. The summed E-state index contributed by atoms with van der Waals surface area (Å²) in [5.41, 5.74) is 6.19. The van der Waals surface area contributed by atoms with Gasteiger partial charge in [0.1, 0.15) is 0 Å². The van der Waals surface area contributed by atoms with Gasteiger partial charge in [0.25, 0.3) is 0 Å². The molecule has 2 fully saturated rings. The molecule has 2 aliphatic rings. The number of amides is 1. The van der Waals surface area contributed by atoms with Gasteiger partial charge in [-0.05, 0) is 57.8 Å². The molecule has 2 aliphatic carbocycles. The Hall–Kier alpha value is -0.570. The van der Waals surface area contributed by atoms with Crippen molar-refractivity contribution in [2.45, 2.75) is 70.9 Å². The maximum atomic E-state index is 12.4. The number of hydrogen-bond donors (Lipinski definition) is 2. The molecular weight excluding hydrogens is 224 g/mol. The molecule has 0 aromatic carbocycles. The molecule has 104 valence electrons. The van der Waals surface area contributed by atoms with E-state index in [0.717, 1.165) is 19.3 Å². The fraction of sp³-hybridized carbons (Fsp3) is 0.933. The number of carbonyl (C=O) groups excluding carboxylic acids is 1. The first-order valence-corrected chi connectivity index (χ1v) is 7.50. The van der Waals surface area contributed by atoms with Crippen LogP contribution in [0, 0.1) is 17.8 Å². The summed E-state index contributed by atoms with van der Waals surface area (Å²) in [5.74, 6) is 1.62. The van der Waals surface area contributed by atoms with Gasteiger partial charge in [0, 0.05) is 17.5 Å². The average molecular weight is 252 g/mol. The monoisotopic (exact) mass is 252 g/mol. The van der Waals surface area contributed by atoms with E-state index < -0.39 is 0 Å². The van der Waals surface area contributed by atoms with E-state index >= 15 is 0 Å². The van der Waals surface area contributed by atoms with Gasteiger partial charge in [-0.2, -0.15) is 0 Å². The van der Waals surface area contributed by atoms with Crippen LogP contribution in [0.2, 0.25) is 0 Å². The van der Waals surface area contributed by atoms with Crippen molar-refractivity contribution in [1.29, 1.82) is 0 Å². The number of rotatable bonds is 3. The first-order chi connectivity index (χ1) is 8.43. The van der Waals surface area contributed by atoms with Crippen LogP contribution in [0.4, 0.5) is 0 Å². The van der Waals surface area contributed by atoms with Gasteiger partial charge < -0.3 is 11.1 Å². The van der Waals surface area contributed by atoms with E-state index in [-0.39, 0.29) is 17.4 Å². The molecule has 3 N–H and O–H groups in total. The van der Waals surface area contributed by atoms with Crippen LogP contribution in [-0.4, -0.2) is 17.5 Å². The van der Waals surface area contributed by atoms with E-state index in [2.05, 4.69) is 26.1 Å². The molecule has 0 radical (unpaired) electrons. The summed E-state index contributed by atoms with van der Waals surface area (Å²) < 4.78 is 0. The highest BCUT2D eigenvalue weighted by Gasteiger charge is 2.41. The van der Waals surface area contributed by atoms with Crippen LogP contribution in [0.5, 0.6) is 0 Å². The van der Waals surface area contributed by atoms with Crippen LogP contribution >= 0.6 is 0 Å². The molecule has 0 heterocycles. The molecule has 2 bridgehead atoms. The van der Waals surface area contributed by atoms with E-state index in [4.69, 9.17) is 5.73 Å². The Morgan fingerprint density at radius 1 is 1.28 bits per heavy atom. The predicted octanol–water partition coefficient (Wildman–Crippen LogP) is 2.44. The van der Waals surface area contributed by atoms with E-state index in [1.165, 1.54) is 19.3 Å². The molecule has 3 heteroatoms. The minimum Gasteiger partial charge on any atom is -0.351 e. The number of carbonyl (C=O) groups is 1. The van der Waals surface area contributed by atoms with Crippen molar-refractivity contribution in [3.8, 4) is 0 Å². The van der Waals surface area contributed by atoms with Crippen molar-refractivity contribution < 1.29 is 4.79 Å². The molecule has 3 nitrogen and oxygen atoms in total. The summed E-state index contributed by atoms with van der Waals surface area (Å²) in [6.07, 6.45) is 6.72. The van der Waals surface area contributed by atoms with Crippen molar-refractivity contribution in [2.24, 2.45) is 23.5 Å². The lowest BCUT2D eigenvalue weighted by Gasteiger charge is -2.44. The van der Waals surface area contributed by atoms with Gasteiger partial charge in [0.05, 0.1) is 0 Å². The van der Waals surface area contributed by atoms with Crippen LogP contribution in [0.3, 0.4) is 0 Å². The summed E-state index contributed by atoms with van der Waals surface area (Å²) in [7, 11) is 0. The van der Waals surface area contributed by atoms with Gasteiger partial charge in [-0.25, -0.2) is 0 Å². The van der Waals surface area contributed by atoms with Crippen molar-refractivity contribution in [1.82, 2.24) is 5.32 Å². The Balaban J connectivity index is 1.96. The molecular formula is C15H28N2O. The highest BCUT2D eigenvalue weighted by molar-refractivity contribution is 5.79. The Kier molecular flexibility index (Phi) is 4.00. The number of fused-ring (bicyclic) bond motifs is 2. The van der Waals surface area contributed by atoms with Crippen molar-refractivity contribution in [2.75, 3.05) is 0 Å². The quantitative estimate of drug-likeness (QED) is 0.810. The molecule has 0 aromatic rings. The topological polar surface area (TPSA) is 55.1 Å². The predicted molar refractivity (Wildman–Crippen MR) is 74.0 cm³/mol. The van der Waals surface area contributed by atoms with Gasteiger partial charge in [-0.3, -0.25) is 4.79 Å². The minimum absolute atomic E-state index is 0.0776. The lowest BCUT2D eigenvalue weighted by atomic mass is 9.65. The van der Waals surface area contributed by atoms with E-state index in [1.54, 1.807) is 0 Å². The zero-order valence-electron chi connectivity index (χ0n) is 12.0. The Bertz CT molecular complexity index is 300. The SMILES string of the molecule is CCC(C)(C)NC(=O)C1CC2CCCC(C1)C2N. The molecule has 0 aliphatic heterocycles. The summed E-state index contributed by atoms with van der Waals surface area (Å²) in [6, 6.07) is 0.349. The molecule has 1 amide bonds. The highest BCUT2D eigenvalue weighted by Crippen LogP contribution is 2.42. The van der Waals surface area contributed by atoms with Gasteiger partial charge in [-0.1, -0.05) is 13.3 Å². The first-order valence-electron chi connectivity index (χ1n) is 7.50. The van der Waals surface area contributed by atoms with E-state index in [1.807, 2.05) is 0 Å². The zero-order valence-corrected chi connectivity index (χ0v) is 12.0. The van der Waals surface area contributed by atoms with Gasteiger partial charge in [0.2, 0.25) is 5.91 Å². The third-order valence-corrected chi connectivity index (χ3v) is 5.13. The molecule has 0 saturated heterocycles. The van der Waals surface area contributed by atoms with Gasteiger partial charge in [-0.15, -0.1) is 0 Å². The lowest BCUT2D eigenvalue weighted by Crippen LogP contribution is -2.52. The molecule has 18 heavy (non-hydrogen) atoms. The second kappa shape index (κ2) is 5.20. The maximum absolute atomic E-state index is 12.4. The second-order valence-corrected chi connectivity index (χ2v) is 6.92. The fourth-order valence-electron chi connectivity index (χ4n) is 3.53. The number of nitrogens with one attached hydrogen (secondary N) is 1. The third-order valence-electron chi connectivity index (χ3n) is 5.13. The molecule has 2 atom stereocenters. The smallest absolute Gasteiger partial charge is 0.223 e. The highest BCUT2D eigenvalue weighted by atomic mass is 16.2. The minimum atomic E-state index is -0.0776. The standard InChI is InChI=1S/C15H28N2O/c1-4-15(2,3)17-14(18)12-8-10-6-5-7-11(9-12)13(10)16/h10-13H,4-9,16H2,1-3H3,(H,17,18). The van der Waals surface area contributed by atoms with E-state index in [9.17, 15) is 4.79 Å². The van der Waals surface area contributed by atoms with Gasteiger partial charge in [0.15, 0.2) is 0 Å². The molecule has 2 rings (SSSR count). The van der Waals surface area contributed by atoms with Crippen LogP contribution in [0.25, 0.3) is 0 Å². The largest absolute Gasteiger partial charge is 0.351 e. The lowest BCUT2D eigenvalue weighted by molar-refractivity contribution is -0.129. The van der Waals surface area contributed by atoms with Crippen LogP contribution in [0.15, 0.2) is 0 Å². The number of hydrogen-bond acceptors (Lipinski definition) is 2. The maximum Gasteiger partial charge on any atom is 0.223 e. The second-order valence-electron chi connectivity index (χ2n) is 6.92. The van der Waals surface area contributed by atoms with Crippen molar-refractivity contribution >= 4 is 5.91 Å². The van der Waals surface area contributed by atoms with Gasteiger partial charge >= 0.3 is 0 Å². The fourth-order valence-corrected chi connectivity index (χ4v) is 3.53. The Labute approximate surface area is 111 Å². The van der Waals surface area contributed by atoms with E-state index in [0.29, 0.717) is 17.9 Å². The normalized spacial score (nSPS) is 36.2. The molecule has 0 aromatic heterocycles. The average Bonchev–Trinajstić information content (AvgIpc) is 2.27. The van der Waals surface area contributed by atoms with Crippen molar-refractivity contribution in [3.63, 3.8) is 0 Å². The molecule has 2 saturated carbocycles. The summed E-state index contributed by atoms with van der Waals surface area (Å²) >= 11 is 0. The summed E-state index contributed by atoms with van der Waals surface area (Å²) in [6.45, 7) is 6.31. The van der Waals surface area contributed by atoms with Crippen LogP contribution in [0.1, 0.15) is 59.3 Å².